The summed E-state index contributed by atoms with van der Waals surface area (Å²) >= 11 is 0. The second-order valence-corrected chi connectivity index (χ2v) is 5.29. The van der Waals surface area contributed by atoms with Crippen molar-refractivity contribution in [2.45, 2.75) is 51.2 Å². The first-order chi connectivity index (χ1) is 9.28. The third-order valence-corrected chi connectivity index (χ3v) is 3.68. The first-order valence-corrected chi connectivity index (χ1v) is 7.37. The van der Waals surface area contributed by atoms with Crippen LogP contribution in [0.5, 0.6) is 5.75 Å². The second kappa shape index (κ2) is 7.51. The summed E-state index contributed by atoms with van der Waals surface area (Å²) in [7, 11) is 0. The molecule has 106 valence electrons. The summed E-state index contributed by atoms with van der Waals surface area (Å²) in [6.45, 7) is 3.77. The number of hydrogen-bond acceptors (Lipinski definition) is 3. The molecule has 0 aromatic heterocycles. The summed E-state index contributed by atoms with van der Waals surface area (Å²) in [5.41, 5.74) is 7.23. The number of hydrogen-bond donors (Lipinski definition) is 1. The van der Waals surface area contributed by atoms with Gasteiger partial charge in [0.15, 0.2) is 0 Å². The molecule has 0 bridgehead atoms. The van der Waals surface area contributed by atoms with E-state index in [0.717, 1.165) is 38.2 Å². The van der Waals surface area contributed by atoms with Crippen LogP contribution in [0.25, 0.3) is 0 Å². The SMILES string of the molecule is CCC(N)Cc1ccc(OCCC2CCCO2)cc1. The first-order valence-electron chi connectivity index (χ1n) is 7.37. The number of rotatable bonds is 7. The fourth-order valence-corrected chi connectivity index (χ4v) is 2.35. The van der Waals surface area contributed by atoms with E-state index in [4.69, 9.17) is 15.2 Å². The quantitative estimate of drug-likeness (QED) is 0.822. The molecule has 1 aromatic rings. The minimum absolute atomic E-state index is 0.256. The summed E-state index contributed by atoms with van der Waals surface area (Å²) in [4.78, 5) is 0. The Bertz CT molecular complexity index is 358. The number of nitrogens with two attached hydrogens (primary N) is 1. The van der Waals surface area contributed by atoms with Crippen LogP contribution in [-0.2, 0) is 11.2 Å². The van der Waals surface area contributed by atoms with Gasteiger partial charge in [0.1, 0.15) is 5.75 Å². The van der Waals surface area contributed by atoms with Crippen LogP contribution >= 0.6 is 0 Å². The largest absolute Gasteiger partial charge is 0.493 e. The van der Waals surface area contributed by atoms with E-state index in [1.807, 2.05) is 12.1 Å². The standard InChI is InChI=1S/C16H25NO2/c1-2-14(17)12-13-5-7-16(8-6-13)19-11-9-15-4-3-10-18-15/h5-8,14-15H,2-4,9-12,17H2,1H3. The fourth-order valence-electron chi connectivity index (χ4n) is 2.35. The zero-order chi connectivity index (χ0) is 13.5. The minimum Gasteiger partial charge on any atom is -0.493 e. The molecule has 0 amide bonds. The van der Waals surface area contributed by atoms with Gasteiger partial charge in [-0.05, 0) is 43.4 Å². The Morgan fingerprint density at radius 2 is 2.16 bits per heavy atom. The molecule has 0 radical (unpaired) electrons. The monoisotopic (exact) mass is 263 g/mol. The predicted molar refractivity (Wildman–Crippen MR) is 77.5 cm³/mol. The van der Waals surface area contributed by atoms with Gasteiger partial charge in [-0.3, -0.25) is 0 Å². The van der Waals surface area contributed by atoms with Crippen LogP contribution in [0.2, 0.25) is 0 Å². The second-order valence-electron chi connectivity index (χ2n) is 5.29. The van der Waals surface area contributed by atoms with Crippen LogP contribution in [0.3, 0.4) is 0 Å². The van der Waals surface area contributed by atoms with Crippen molar-refractivity contribution < 1.29 is 9.47 Å². The topological polar surface area (TPSA) is 44.5 Å². The lowest BCUT2D eigenvalue weighted by Gasteiger charge is -2.12. The van der Waals surface area contributed by atoms with Gasteiger partial charge in [-0.1, -0.05) is 19.1 Å². The van der Waals surface area contributed by atoms with Gasteiger partial charge in [0, 0.05) is 19.1 Å². The van der Waals surface area contributed by atoms with Crippen LogP contribution < -0.4 is 10.5 Å². The van der Waals surface area contributed by atoms with Crippen molar-refractivity contribution in [3.8, 4) is 5.75 Å². The summed E-state index contributed by atoms with van der Waals surface area (Å²) < 4.78 is 11.3. The Labute approximate surface area is 116 Å². The molecule has 3 nitrogen and oxygen atoms in total. The average Bonchev–Trinajstić information content (AvgIpc) is 2.94. The molecule has 2 unspecified atom stereocenters. The summed E-state index contributed by atoms with van der Waals surface area (Å²) in [6, 6.07) is 8.54. The Balaban J connectivity index is 1.71. The van der Waals surface area contributed by atoms with Crippen molar-refractivity contribution in [2.75, 3.05) is 13.2 Å². The van der Waals surface area contributed by atoms with E-state index in [1.165, 1.54) is 18.4 Å². The molecule has 1 heterocycles. The molecule has 0 saturated carbocycles. The van der Waals surface area contributed by atoms with Gasteiger partial charge < -0.3 is 15.2 Å². The van der Waals surface area contributed by atoms with Gasteiger partial charge in [-0.2, -0.15) is 0 Å². The maximum absolute atomic E-state index is 5.95. The van der Waals surface area contributed by atoms with Gasteiger partial charge in [-0.15, -0.1) is 0 Å². The van der Waals surface area contributed by atoms with E-state index in [0.29, 0.717) is 6.10 Å². The Kier molecular flexibility index (Phi) is 5.67. The van der Waals surface area contributed by atoms with E-state index >= 15 is 0 Å². The van der Waals surface area contributed by atoms with Crippen LogP contribution in [-0.4, -0.2) is 25.4 Å². The van der Waals surface area contributed by atoms with E-state index in [9.17, 15) is 0 Å². The third kappa shape index (κ3) is 4.84. The Hall–Kier alpha value is -1.06. The lowest BCUT2D eigenvalue weighted by Crippen LogP contribution is -2.21. The number of ether oxygens (including phenoxy) is 2. The third-order valence-electron chi connectivity index (χ3n) is 3.68. The lowest BCUT2D eigenvalue weighted by atomic mass is 10.0. The summed E-state index contributed by atoms with van der Waals surface area (Å²) in [5, 5.41) is 0. The zero-order valence-electron chi connectivity index (χ0n) is 11.8. The molecule has 0 spiro atoms. The molecular weight excluding hydrogens is 238 g/mol. The smallest absolute Gasteiger partial charge is 0.119 e. The summed E-state index contributed by atoms with van der Waals surface area (Å²) in [6.07, 6.45) is 5.71. The van der Waals surface area contributed by atoms with Crippen molar-refractivity contribution in [1.82, 2.24) is 0 Å². The normalized spacial score (nSPS) is 20.4. The van der Waals surface area contributed by atoms with Gasteiger partial charge in [0.05, 0.1) is 12.7 Å². The van der Waals surface area contributed by atoms with Crippen molar-refractivity contribution in [2.24, 2.45) is 5.73 Å². The molecule has 1 aliphatic heterocycles. The highest BCUT2D eigenvalue weighted by atomic mass is 16.5. The molecule has 3 heteroatoms. The Morgan fingerprint density at radius 3 is 2.79 bits per heavy atom. The van der Waals surface area contributed by atoms with Crippen LogP contribution in [0.1, 0.15) is 38.2 Å². The van der Waals surface area contributed by atoms with E-state index in [1.54, 1.807) is 0 Å². The van der Waals surface area contributed by atoms with Crippen LogP contribution in [0.4, 0.5) is 0 Å². The molecular formula is C16H25NO2. The fraction of sp³-hybridized carbons (Fsp3) is 0.625. The minimum atomic E-state index is 0.256. The number of benzene rings is 1. The highest BCUT2D eigenvalue weighted by molar-refractivity contribution is 5.27. The molecule has 1 aromatic carbocycles. The summed E-state index contributed by atoms with van der Waals surface area (Å²) in [5.74, 6) is 0.937. The zero-order valence-corrected chi connectivity index (χ0v) is 11.8. The molecule has 2 rings (SSSR count). The van der Waals surface area contributed by atoms with E-state index < -0.39 is 0 Å². The molecule has 19 heavy (non-hydrogen) atoms. The highest BCUT2D eigenvalue weighted by Gasteiger charge is 2.14. The lowest BCUT2D eigenvalue weighted by molar-refractivity contribution is 0.0903. The molecule has 1 aliphatic rings. The van der Waals surface area contributed by atoms with Gasteiger partial charge in [0.25, 0.3) is 0 Å². The molecule has 2 N–H and O–H groups in total. The first kappa shape index (κ1) is 14.4. The van der Waals surface area contributed by atoms with Crippen molar-refractivity contribution in [3.05, 3.63) is 29.8 Å². The van der Waals surface area contributed by atoms with Crippen LogP contribution in [0.15, 0.2) is 24.3 Å². The van der Waals surface area contributed by atoms with E-state index in [2.05, 4.69) is 19.1 Å². The highest BCUT2D eigenvalue weighted by Crippen LogP contribution is 2.17. The van der Waals surface area contributed by atoms with Crippen LogP contribution in [0, 0.1) is 0 Å². The molecule has 1 fully saturated rings. The van der Waals surface area contributed by atoms with Gasteiger partial charge in [-0.25, -0.2) is 0 Å². The molecule has 2 atom stereocenters. The average molecular weight is 263 g/mol. The van der Waals surface area contributed by atoms with Crippen molar-refractivity contribution >= 4 is 0 Å². The van der Waals surface area contributed by atoms with E-state index in [-0.39, 0.29) is 6.04 Å². The molecule has 0 aliphatic carbocycles. The van der Waals surface area contributed by atoms with Gasteiger partial charge in [0.2, 0.25) is 0 Å². The Morgan fingerprint density at radius 1 is 1.37 bits per heavy atom. The van der Waals surface area contributed by atoms with Crippen molar-refractivity contribution in [3.63, 3.8) is 0 Å². The molecule has 1 saturated heterocycles. The maximum Gasteiger partial charge on any atom is 0.119 e. The van der Waals surface area contributed by atoms with Crippen molar-refractivity contribution in [1.29, 1.82) is 0 Å². The maximum atomic E-state index is 5.95. The predicted octanol–water partition coefficient (Wildman–Crippen LogP) is 2.91. The van der Waals surface area contributed by atoms with Gasteiger partial charge >= 0.3 is 0 Å².